The molecule has 0 radical (unpaired) electrons. The highest BCUT2D eigenvalue weighted by atomic mass is 16.5. The van der Waals surface area contributed by atoms with E-state index in [2.05, 4.69) is 0 Å². The minimum atomic E-state index is -0.769. The Bertz CT molecular complexity index is 1200. The van der Waals surface area contributed by atoms with Crippen molar-refractivity contribution in [2.45, 2.75) is 20.0 Å². The van der Waals surface area contributed by atoms with Gasteiger partial charge < -0.3 is 29.2 Å². The van der Waals surface area contributed by atoms with Crippen molar-refractivity contribution >= 4 is 11.0 Å². The molecular weight excluding hydrogens is 364 g/mol. The summed E-state index contributed by atoms with van der Waals surface area (Å²) in [6.07, 6.45) is 0.984. The first-order valence-corrected chi connectivity index (χ1v) is 8.56. The number of benzene rings is 2. The van der Waals surface area contributed by atoms with E-state index in [-0.39, 0.29) is 45.3 Å². The van der Waals surface area contributed by atoms with Crippen LogP contribution in [0.4, 0.5) is 0 Å². The van der Waals surface area contributed by atoms with Gasteiger partial charge in [-0.05, 0) is 26.0 Å². The monoisotopic (exact) mass is 382 g/mol. The minimum Gasteiger partial charge on any atom is -0.508 e. The number of hydrogen-bond acceptors (Lipinski definition) is 7. The normalized spacial score (nSPS) is 14.8. The topological polar surface area (TPSA) is 109 Å². The van der Waals surface area contributed by atoms with Gasteiger partial charge in [0.1, 0.15) is 40.1 Å². The lowest BCUT2D eigenvalue weighted by molar-refractivity contribution is 0.243. The zero-order valence-electron chi connectivity index (χ0n) is 15.4. The highest BCUT2D eigenvalue weighted by molar-refractivity contribution is 5.88. The Hall–Kier alpha value is -3.61. The third-order valence-electron chi connectivity index (χ3n) is 4.54. The SMILES string of the molecule is COc1cc2c(cc1O)OC(C=C(C)C)c1c-2oc2cc(O)cc(O)c2c1=O. The third kappa shape index (κ3) is 2.63. The molecule has 3 aromatic rings. The molecule has 1 unspecified atom stereocenters. The van der Waals surface area contributed by atoms with Crippen molar-refractivity contribution in [3.05, 3.63) is 51.7 Å². The van der Waals surface area contributed by atoms with Crippen LogP contribution in [0.5, 0.6) is 28.7 Å². The van der Waals surface area contributed by atoms with Crippen LogP contribution in [0.1, 0.15) is 25.5 Å². The van der Waals surface area contributed by atoms with Gasteiger partial charge in [-0.2, -0.15) is 0 Å². The molecule has 1 atom stereocenters. The van der Waals surface area contributed by atoms with Gasteiger partial charge in [0.25, 0.3) is 0 Å². The smallest absolute Gasteiger partial charge is 0.204 e. The summed E-state index contributed by atoms with van der Waals surface area (Å²) in [5.41, 5.74) is 1.12. The van der Waals surface area contributed by atoms with Gasteiger partial charge in [0.15, 0.2) is 11.5 Å². The van der Waals surface area contributed by atoms with E-state index >= 15 is 0 Å². The quantitative estimate of drug-likeness (QED) is 0.575. The molecule has 2 aromatic carbocycles. The van der Waals surface area contributed by atoms with Crippen LogP contribution < -0.4 is 14.9 Å². The summed E-state index contributed by atoms with van der Waals surface area (Å²) in [5.74, 6) is 0.0142. The van der Waals surface area contributed by atoms with E-state index in [1.165, 1.54) is 25.3 Å². The predicted octanol–water partition coefficient (Wildman–Crippen LogP) is 3.99. The van der Waals surface area contributed by atoms with Crippen molar-refractivity contribution in [2.75, 3.05) is 7.11 Å². The van der Waals surface area contributed by atoms with Crippen molar-refractivity contribution in [3.63, 3.8) is 0 Å². The van der Waals surface area contributed by atoms with E-state index in [0.717, 1.165) is 11.6 Å². The molecule has 144 valence electrons. The van der Waals surface area contributed by atoms with Gasteiger partial charge in [0.05, 0.1) is 18.2 Å². The maximum atomic E-state index is 13.2. The molecule has 0 aliphatic carbocycles. The number of phenols is 3. The summed E-state index contributed by atoms with van der Waals surface area (Å²) in [4.78, 5) is 13.2. The first-order valence-electron chi connectivity index (χ1n) is 8.56. The van der Waals surface area contributed by atoms with Gasteiger partial charge in [0.2, 0.25) is 5.43 Å². The molecular formula is C21H18O7. The average Bonchev–Trinajstić information content (AvgIpc) is 2.59. The first-order chi connectivity index (χ1) is 13.3. The van der Waals surface area contributed by atoms with Crippen LogP contribution in [0.25, 0.3) is 22.3 Å². The molecule has 7 heteroatoms. The van der Waals surface area contributed by atoms with Crippen molar-refractivity contribution < 1.29 is 29.2 Å². The summed E-state index contributed by atoms with van der Waals surface area (Å²) in [7, 11) is 1.41. The Morgan fingerprint density at radius 3 is 2.54 bits per heavy atom. The molecule has 2 heterocycles. The predicted molar refractivity (Wildman–Crippen MR) is 102 cm³/mol. The fourth-order valence-corrected chi connectivity index (χ4v) is 3.36. The number of allylic oxidation sites excluding steroid dienone is 1. The number of ether oxygens (including phenoxy) is 2. The van der Waals surface area contributed by atoms with Crippen LogP contribution in [0.3, 0.4) is 0 Å². The van der Waals surface area contributed by atoms with Gasteiger partial charge in [-0.3, -0.25) is 4.79 Å². The number of rotatable bonds is 2. The van der Waals surface area contributed by atoms with Gasteiger partial charge in [0, 0.05) is 18.2 Å². The van der Waals surface area contributed by atoms with E-state index in [9.17, 15) is 20.1 Å². The first kappa shape index (κ1) is 17.8. The molecule has 28 heavy (non-hydrogen) atoms. The highest BCUT2D eigenvalue weighted by Crippen LogP contribution is 2.48. The average molecular weight is 382 g/mol. The molecule has 4 rings (SSSR count). The van der Waals surface area contributed by atoms with Gasteiger partial charge in [-0.15, -0.1) is 0 Å². The Balaban J connectivity index is 2.14. The lowest BCUT2D eigenvalue weighted by Crippen LogP contribution is -2.22. The second-order valence-electron chi connectivity index (χ2n) is 6.81. The van der Waals surface area contributed by atoms with E-state index in [0.29, 0.717) is 11.3 Å². The second kappa shape index (κ2) is 6.23. The number of fused-ring (bicyclic) bond motifs is 4. The standard InChI is InChI=1S/C21H18O7/c1-9(2)4-16-19-20(25)18-13(24)5-10(22)6-17(18)28-21(19)11-7-15(26-3)12(23)8-14(11)27-16/h4-8,16,22-24H,1-3H3. The summed E-state index contributed by atoms with van der Waals surface area (Å²) in [6, 6.07) is 5.26. The zero-order valence-corrected chi connectivity index (χ0v) is 15.4. The number of methoxy groups -OCH3 is 1. The van der Waals surface area contributed by atoms with Crippen LogP contribution in [-0.4, -0.2) is 22.4 Å². The zero-order chi connectivity index (χ0) is 20.2. The third-order valence-corrected chi connectivity index (χ3v) is 4.54. The molecule has 1 aromatic heterocycles. The van der Waals surface area contributed by atoms with Crippen LogP contribution >= 0.6 is 0 Å². The summed E-state index contributed by atoms with van der Waals surface area (Å²) < 4.78 is 17.1. The fraction of sp³-hybridized carbons (Fsp3) is 0.190. The van der Waals surface area contributed by atoms with Crippen molar-refractivity contribution in [1.82, 2.24) is 0 Å². The summed E-state index contributed by atoms with van der Waals surface area (Å²) in [5, 5.41) is 30.0. The molecule has 0 bridgehead atoms. The van der Waals surface area contributed by atoms with Crippen molar-refractivity contribution in [2.24, 2.45) is 0 Å². The van der Waals surface area contributed by atoms with Crippen LogP contribution in [0.2, 0.25) is 0 Å². The molecule has 0 saturated heterocycles. The minimum absolute atomic E-state index is 0.0390. The van der Waals surface area contributed by atoms with E-state index in [4.69, 9.17) is 13.9 Å². The Morgan fingerprint density at radius 1 is 1.11 bits per heavy atom. The van der Waals surface area contributed by atoms with Crippen molar-refractivity contribution in [1.29, 1.82) is 0 Å². The molecule has 1 aliphatic rings. The van der Waals surface area contributed by atoms with Gasteiger partial charge in [-0.1, -0.05) is 5.57 Å². The van der Waals surface area contributed by atoms with E-state index in [1.54, 1.807) is 6.08 Å². The van der Waals surface area contributed by atoms with Gasteiger partial charge >= 0.3 is 0 Å². The summed E-state index contributed by atoms with van der Waals surface area (Å²) >= 11 is 0. The fourth-order valence-electron chi connectivity index (χ4n) is 3.36. The molecule has 7 nitrogen and oxygen atoms in total. The molecule has 0 fully saturated rings. The molecule has 0 amide bonds. The van der Waals surface area contributed by atoms with Crippen molar-refractivity contribution in [3.8, 4) is 40.1 Å². The maximum Gasteiger partial charge on any atom is 0.204 e. The lowest BCUT2D eigenvalue weighted by Gasteiger charge is -2.26. The molecule has 1 aliphatic heterocycles. The van der Waals surface area contributed by atoms with Gasteiger partial charge in [-0.25, -0.2) is 0 Å². The highest BCUT2D eigenvalue weighted by Gasteiger charge is 2.33. The Kier molecular flexibility index (Phi) is 3.96. The largest absolute Gasteiger partial charge is 0.508 e. The van der Waals surface area contributed by atoms with Crippen LogP contribution in [0.15, 0.2) is 45.1 Å². The number of aromatic hydroxyl groups is 3. The molecule has 3 N–H and O–H groups in total. The van der Waals surface area contributed by atoms with E-state index < -0.39 is 11.5 Å². The Morgan fingerprint density at radius 2 is 1.86 bits per heavy atom. The second-order valence-corrected chi connectivity index (χ2v) is 6.81. The Labute approximate surface area is 159 Å². The van der Waals surface area contributed by atoms with E-state index in [1.807, 2.05) is 13.8 Å². The number of hydrogen-bond donors (Lipinski definition) is 3. The molecule has 0 spiro atoms. The number of phenolic OH excluding ortho intramolecular Hbond substituents is 3. The molecule has 0 saturated carbocycles. The summed E-state index contributed by atoms with van der Waals surface area (Å²) in [6.45, 7) is 3.73. The van der Waals surface area contributed by atoms with Crippen LogP contribution in [0, 0.1) is 0 Å². The van der Waals surface area contributed by atoms with Crippen LogP contribution in [-0.2, 0) is 0 Å². The lowest BCUT2D eigenvalue weighted by atomic mass is 9.95. The maximum absolute atomic E-state index is 13.2.